The molecular weight excluding hydrogens is 478 g/mol. The van der Waals surface area contributed by atoms with E-state index in [0.717, 1.165) is 16.3 Å². The van der Waals surface area contributed by atoms with Crippen LogP contribution in [0.2, 0.25) is 0 Å². The molecule has 3 amide bonds. The summed E-state index contributed by atoms with van der Waals surface area (Å²) >= 11 is 0. The first-order valence-electron chi connectivity index (χ1n) is 12.3. The quantitative estimate of drug-likeness (QED) is 0.416. The Bertz CT molecular complexity index is 1280. The summed E-state index contributed by atoms with van der Waals surface area (Å²) < 4.78 is 10.4. The van der Waals surface area contributed by atoms with E-state index in [1.54, 1.807) is 12.1 Å². The largest absolute Gasteiger partial charge is 0.434 e. The number of rotatable bonds is 4. The van der Waals surface area contributed by atoms with Crippen LogP contribution in [-0.2, 0) is 23.9 Å². The van der Waals surface area contributed by atoms with Gasteiger partial charge in [0.1, 0.15) is 18.1 Å². The Morgan fingerprint density at radius 3 is 2.57 bits per heavy atom. The van der Waals surface area contributed by atoms with Gasteiger partial charge in [-0.25, -0.2) is 0 Å². The second-order valence-corrected chi connectivity index (χ2v) is 9.73. The lowest BCUT2D eigenvalue weighted by Crippen LogP contribution is -2.65. The van der Waals surface area contributed by atoms with Crippen molar-refractivity contribution in [2.24, 2.45) is 0 Å². The van der Waals surface area contributed by atoms with E-state index in [0.29, 0.717) is 12.0 Å². The zero-order valence-corrected chi connectivity index (χ0v) is 20.4. The molecule has 3 heterocycles. The first kappa shape index (κ1) is 24.9. The maximum Gasteiger partial charge on any atom is 0.310 e. The fourth-order valence-electron chi connectivity index (χ4n) is 5.12. The van der Waals surface area contributed by atoms with Crippen LogP contribution in [0.5, 0.6) is 0 Å². The minimum Gasteiger partial charge on any atom is -0.434 e. The topological polar surface area (TPSA) is 134 Å². The van der Waals surface area contributed by atoms with Crippen molar-refractivity contribution in [1.29, 1.82) is 0 Å². The van der Waals surface area contributed by atoms with E-state index in [1.807, 2.05) is 43.3 Å². The maximum atomic E-state index is 13.8. The van der Waals surface area contributed by atoms with Crippen LogP contribution in [0, 0.1) is 0 Å². The van der Waals surface area contributed by atoms with Crippen molar-refractivity contribution in [3.05, 3.63) is 59.7 Å². The molecule has 0 bridgehead atoms. The number of nitrogens with zero attached hydrogens (tertiary/aromatic N) is 1. The fraction of sp³-hybridized carbons (Fsp3) is 0.407. The smallest absolute Gasteiger partial charge is 0.310 e. The minimum atomic E-state index is -1.45. The highest BCUT2D eigenvalue weighted by atomic mass is 16.6. The molecule has 2 aromatic carbocycles. The number of amides is 3. The number of carbonyl (C=O) groups is 4. The lowest BCUT2D eigenvalue weighted by Gasteiger charge is -2.44. The van der Waals surface area contributed by atoms with Gasteiger partial charge < -0.3 is 30.1 Å². The molecule has 2 fully saturated rings. The van der Waals surface area contributed by atoms with Crippen molar-refractivity contribution in [1.82, 2.24) is 15.5 Å². The number of aliphatic hydroxyl groups excluding tert-OH is 1. The van der Waals surface area contributed by atoms with E-state index < -0.39 is 42.3 Å². The van der Waals surface area contributed by atoms with E-state index in [9.17, 15) is 24.3 Å². The molecule has 5 atom stereocenters. The van der Waals surface area contributed by atoms with E-state index in [4.69, 9.17) is 9.47 Å². The van der Waals surface area contributed by atoms with Crippen LogP contribution in [0.3, 0.4) is 0 Å². The number of aliphatic hydroxyl groups is 1. The van der Waals surface area contributed by atoms with Crippen LogP contribution in [-0.4, -0.2) is 77.4 Å². The van der Waals surface area contributed by atoms with Gasteiger partial charge in [0, 0.05) is 5.56 Å². The molecule has 0 aliphatic carbocycles. The Hall–Kier alpha value is -3.76. The Balaban J connectivity index is 1.37. The molecule has 4 unspecified atom stereocenters. The molecule has 3 N–H and O–H groups in total. The van der Waals surface area contributed by atoms with Gasteiger partial charge in [-0.15, -0.1) is 0 Å². The number of nitrogens with one attached hydrogen (secondary N) is 2. The van der Waals surface area contributed by atoms with E-state index in [1.165, 1.54) is 4.90 Å². The normalized spacial score (nSPS) is 29.4. The molecule has 3 aliphatic rings. The highest BCUT2D eigenvalue weighted by molar-refractivity contribution is 6.01. The summed E-state index contributed by atoms with van der Waals surface area (Å²) in [6.07, 6.45) is 1.13. The average Bonchev–Trinajstić information content (AvgIpc) is 3.20. The lowest BCUT2D eigenvalue weighted by atomic mass is 9.95. The van der Waals surface area contributed by atoms with Gasteiger partial charge in [-0.3, -0.25) is 19.2 Å². The Morgan fingerprint density at radius 2 is 1.81 bits per heavy atom. The highest BCUT2D eigenvalue weighted by Crippen LogP contribution is 2.26. The third-order valence-electron chi connectivity index (χ3n) is 7.06. The predicted octanol–water partition coefficient (Wildman–Crippen LogP) is 1.02. The lowest BCUT2D eigenvalue weighted by molar-refractivity contribution is -0.159. The van der Waals surface area contributed by atoms with Crippen molar-refractivity contribution in [2.75, 3.05) is 13.2 Å². The van der Waals surface area contributed by atoms with Gasteiger partial charge in [-0.2, -0.15) is 0 Å². The van der Waals surface area contributed by atoms with Gasteiger partial charge in [0.05, 0.1) is 25.7 Å². The van der Waals surface area contributed by atoms with E-state index >= 15 is 0 Å². The molecule has 3 aliphatic heterocycles. The standard InChI is InChI=1S/C27H29N3O7/c1-15-6-9-20(28-24(32)18-8-7-16-4-2-3-5-17(16)11-18)26(34)30-19(10-15)13-36-14-22(30)25(33)29-21-12-23(31)37-27(21)35/h2-8,11,19-22,27,35H,9-10,12-14H2,1H3,(H,28,32)(H,29,33)/b15-6-/t19?,20?,21?,22-,27?/m0/s1. The summed E-state index contributed by atoms with van der Waals surface area (Å²) in [7, 11) is 0. The third-order valence-corrected chi connectivity index (χ3v) is 7.06. The molecule has 2 aromatic rings. The molecule has 10 nitrogen and oxygen atoms in total. The van der Waals surface area contributed by atoms with Crippen LogP contribution in [0.15, 0.2) is 54.1 Å². The zero-order valence-electron chi connectivity index (χ0n) is 20.4. The number of carbonyl (C=O) groups excluding carboxylic acids is 4. The Kier molecular flexibility index (Phi) is 6.94. The highest BCUT2D eigenvalue weighted by Gasteiger charge is 2.44. The average molecular weight is 508 g/mol. The predicted molar refractivity (Wildman–Crippen MR) is 132 cm³/mol. The minimum absolute atomic E-state index is 0.0419. The van der Waals surface area contributed by atoms with Crippen LogP contribution < -0.4 is 10.6 Å². The molecule has 37 heavy (non-hydrogen) atoms. The second-order valence-electron chi connectivity index (χ2n) is 9.73. The van der Waals surface area contributed by atoms with Crippen LogP contribution in [0.1, 0.15) is 36.5 Å². The van der Waals surface area contributed by atoms with E-state index in [-0.39, 0.29) is 37.9 Å². The number of benzene rings is 2. The van der Waals surface area contributed by atoms with Crippen molar-refractivity contribution in [3.8, 4) is 0 Å². The molecular formula is C27H29N3O7. The molecule has 0 spiro atoms. The molecule has 10 heteroatoms. The molecule has 2 saturated heterocycles. The van der Waals surface area contributed by atoms with Crippen LogP contribution in [0.4, 0.5) is 0 Å². The van der Waals surface area contributed by atoms with Crippen LogP contribution in [0.25, 0.3) is 10.8 Å². The Morgan fingerprint density at radius 1 is 1.03 bits per heavy atom. The third kappa shape index (κ3) is 5.21. The monoisotopic (exact) mass is 507 g/mol. The van der Waals surface area contributed by atoms with Gasteiger partial charge >= 0.3 is 5.97 Å². The number of hydrogen-bond donors (Lipinski definition) is 3. The summed E-state index contributed by atoms with van der Waals surface area (Å²) in [4.78, 5) is 53.2. The summed E-state index contributed by atoms with van der Waals surface area (Å²) in [5.74, 6) is -1.94. The van der Waals surface area contributed by atoms with Gasteiger partial charge in [-0.1, -0.05) is 42.0 Å². The number of hydrogen-bond acceptors (Lipinski definition) is 7. The number of esters is 1. The summed E-state index contributed by atoms with van der Waals surface area (Å²) in [6, 6.07) is 9.87. The Labute approximate surface area is 213 Å². The fourth-order valence-corrected chi connectivity index (χ4v) is 5.12. The van der Waals surface area contributed by atoms with Gasteiger partial charge in [0.2, 0.25) is 18.1 Å². The van der Waals surface area contributed by atoms with Crippen LogP contribution >= 0.6 is 0 Å². The summed E-state index contributed by atoms with van der Waals surface area (Å²) in [6.45, 7) is 2.15. The first-order chi connectivity index (χ1) is 17.8. The molecule has 194 valence electrons. The maximum absolute atomic E-state index is 13.8. The number of fused-ring (bicyclic) bond motifs is 2. The van der Waals surface area contributed by atoms with Gasteiger partial charge in [-0.05, 0) is 42.7 Å². The summed E-state index contributed by atoms with van der Waals surface area (Å²) in [5.41, 5.74) is 1.45. The number of morpholine rings is 1. The van der Waals surface area contributed by atoms with E-state index in [2.05, 4.69) is 10.6 Å². The molecule has 0 radical (unpaired) electrons. The first-order valence-corrected chi connectivity index (χ1v) is 12.3. The van der Waals surface area contributed by atoms with Crippen molar-refractivity contribution in [2.45, 2.75) is 56.6 Å². The molecule has 0 aromatic heterocycles. The SMILES string of the molecule is C/C1=C/CC(NC(=O)c2ccc3ccccc3c2)C(=O)N2C(COC[C@H]2C(=O)NC2CC(=O)OC2O)C1. The second kappa shape index (κ2) is 10.3. The number of cyclic esters (lactones) is 1. The molecule has 0 saturated carbocycles. The summed E-state index contributed by atoms with van der Waals surface area (Å²) in [5, 5.41) is 17.3. The van der Waals surface area contributed by atoms with Gasteiger partial charge in [0.25, 0.3) is 5.91 Å². The van der Waals surface area contributed by atoms with Crippen molar-refractivity contribution >= 4 is 34.5 Å². The van der Waals surface area contributed by atoms with Crippen molar-refractivity contribution in [3.63, 3.8) is 0 Å². The molecule has 5 rings (SSSR count). The number of ether oxygens (including phenoxy) is 2. The van der Waals surface area contributed by atoms with Gasteiger partial charge in [0.15, 0.2) is 0 Å². The zero-order chi connectivity index (χ0) is 26.1. The van der Waals surface area contributed by atoms with Crippen molar-refractivity contribution < 1.29 is 33.8 Å².